The largest absolute Gasteiger partial charge is 0.493 e. The lowest BCUT2D eigenvalue weighted by Gasteiger charge is -2.23. The number of carbonyl (C=O) groups excluding carboxylic acids is 1. The Morgan fingerprint density at radius 1 is 1.03 bits per heavy atom. The number of benzene rings is 3. The van der Waals surface area contributed by atoms with Crippen molar-refractivity contribution in [3.05, 3.63) is 100.0 Å². The fraction of sp³-hybridized carbons (Fsp3) is 0.185. The van der Waals surface area contributed by atoms with E-state index in [1.165, 1.54) is 17.3 Å². The third-order valence-corrected chi connectivity index (χ3v) is 6.82. The highest BCUT2D eigenvalue weighted by molar-refractivity contribution is 8.26. The summed E-state index contributed by atoms with van der Waals surface area (Å²) in [5.74, 6) is 1.18. The number of thiocarbonyl (C=S) groups is 1. The number of carbonyl (C=O) groups is 1. The summed E-state index contributed by atoms with van der Waals surface area (Å²) in [6, 6.07) is 23.7. The minimum absolute atomic E-state index is 0.0833. The Kier molecular flexibility index (Phi) is 7.16. The predicted molar refractivity (Wildman–Crippen MR) is 138 cm³/mol. The molecule has 0 aromatic heterocycles. The van der Waals surface area contributed by atoms with Crippen LogP contribution >= 0.6 is 24.0 Å². The summed E-state index contributed by atoms with van der Waals surface area (Å²) in [6.45, 7) is 4.50. The second-order valence-electron chi connectivity index (χ2n) is 7.82. The summed E-state index contributed by atoms with van der Waals surface area (Å²) < 4.78 is 12.1. The van der Waals surface area contributed by atoms with Gasteiger partial charge in [-0.2, -0.15) is 0 Å². The standard InChI is InChI=1S/C27H25NO3S2/c1-18-9-11-20(12-10-18)17-31-23-14-13-21(15-24(23)30-3)16-25-26(29)28(27(32)33-25)19(2)22-7-5-4-6-8-22/h4-16,19H,17H2,1-3H3/b25-16-. The van der Waals surface area contributed by atoms with Crippen LogP contribution in [-0.2, 0) is 11.4 Å². The molecule has 168 valence electrons. The van der Waals surface area contributed by atoms with Gasteiger partial charge in [0, 0.05) is 0 Å². The van der Waals surface area contributed by atoms with Crippen LogP contribution in [0.2, 0.25) is 0 Å². The summed E-state index contributed by atoms with van der Waals surface area (Å²) in [5, 5.41) is 0. The maximum atomic E-state index is 13.1. The van der Waals surface area contributed by atoms with Gasteiger partial charge in [-0.05, 0) is 48.7 Å². The summed E-state index contributed by atoms with van der Waals surface area (Å²) in [4.78, 5) is 15.4. The monoisotopic (exact) mass is 475 g/mol. The summed E-state index contributed by atoms with van der Waals surface area (Å²) in [7, 11) is 1.61. The molecule has 1 aliphatic heterocycles. The third-order valence-electron chi connectivity index (χ3n) is 5.49. The smallest absolute Gasteiger partial charge is 0.266 e. The van der Waals surface area contributed by atoms with Crippen molar-refractivity contribution in [2.45, 2.75) is 26.5 Å². The van der Waals surface area contributed by atoms with Gasteiger partial charge in [0.1, 0.15) is 10.9 Å². The highest BCUT2D eigenvalue weighted by Crippen LogP contribution is 2.39. The van der Waals surface area contributed by atoms with Gasteiger partial charge in [-0.1, -0.05) is 90.2 Å². The number of hydrogen-bond acceptors (Lipinski definition) is 5. The number of amides is 1. The van der Waals surface area contributed by atoms with Gasteiger partial charge in [-0.15, -0.1) is 0 Å². The van der Waals surface area contributed by atoms with Crippen molar-refractivity contribution in [1.82, 2.24) is 4.90 Å². The predicted octanol–water partition coefficient (Wildman–Crippen LogP) is 6.55. The molecule has 6 heteroatoms. The lowest BCUT2D eigenvalue weighted by molar-refractivity contribution is -0.123. The van der Waals surface area contributed by atoms with Gasteiger partial charge in [-0.25, -0.2) is 0 Å². The van der Waals surface area contributed by atoms with Crippen molar-refractivity contribution in [3.8, 4) is 11.5 Å². The average Bonchev–Trinajstić information content (AvgIpc) is 3.11. The Balaban J connectivity index is 1.50. The second kappa shape index (κ2) is 10.2. The molecule has 1 fully saturated rings. The highest BCUT2D eigenvalue weighted by Gasteiger charge is 2.35. The zero-order valence-corrected chi connectivity index (χ0v) is 20.4. The Morgan fingerprint density at radius 2 is 1.76 bits per heavy atom. The van der Waals surface area contributed by atoms with E-state index in [0.29, 0.717) is 27.3 Å². The Bertz CT molecular complexity index is 1190. The normalized spacial score (nSPS) is 15.7. The van der Waals surface area contributed by atoms with E-state index in [0.717, 1.165) is 16.7 Å². The van der Waals surface area contributed by atoms with Crippen LogP contribution in [0.25, 0.3) is 6.08 Å². The molecule has 1 aliphatic rings. The first kappa shape index (κ1) is 23.1. The molecule has 3 aromatic carbocycles. The molecule has 0 bridgehead atoms. The van der Waals surface area contributed by atoms with E-state index in [1.54, 1.807) is 12.0 Å². The van der Waals surface area contributed by atoms with Gasteiger partial charge in [0.15, 0.2) is 11.5 Å². The van der Waals surface area contributed by atoms with E-state index < -0.39 is 0 Å². The van der Waals surface area contributed by atoms with Gasteiger partial charge in [-0.3, -0.25) is 9.69 Å². The first-order valence-corrected chi connectivity index (χ1v) is 11.9. The zero-order chi connectivity index (χ0) is 23.4. The maximum absolute atomic E-state index is 13.1. The van der Waals surface area contributed by atoms with Crippen LogP contribution in [0, 0.1) is 6.92 Å². The van der Waals surface area contributed by atoms with E-state index in [-0.39, 0.29) is 11.9 Å². The van der Waals surface area contributed by atoms with E-state index in [9.17, 15) is 4.79 Å². The molecule has 3 aromatic rings. The fourth-order valence-electron chi connectivity index (χ4n) is 3.58. The quantitative estimate of drug-likeness (QED) is 0.286. The van der Waals surface area contributed by atoms with Gasteiger partial charge < -0.3 is 9.47 Å². The lowest BCUT2D eigenvalue weighted by atomic mass is 10.1. The van der Waals surface area contributed by atoms with Crippen molar-refractivity contribution >= 4 is 40.3 Å². The number of ether oxygens (including phenoxy) is 2. The number of aryl methyl sites for hydroxylation is 1. The molecular formula is C27H25NO3S2. The molecule has 1 heterocycles. The minimum atomic E-state index is -0.128. The first-order chi connectivity index (χ1) is 16.0. The molecule has 1 unspecified atom stereocenters. The van der Waals surface area contributed by atoms with E-state index in [2.05, 4.69) is 31.2 Å². The Labute approximate surface area is 204 Å². The highest BCUT2D eigenvalue weighted by atomic mass is 32.2. The molecule has 0 N–H and O–H groups in total. The van der Waals surface area contributed by atoms with Crippen molar-refractivity contribution in [3.63, 3.8) is 0 Å². The third kappa shape index (κ3) is 5.29. The van der Waals surface area contributed by atoms with Gasteiger partial charge >= 0.3 is 0 Å². The number of thioether (sulfide) groups is 1. The number of methoxy groups -OCH3 is 1. The van der Waals surface area contributed by atoms with Crippen LogP contribution < -0.4 is 9.47 Å². The van der Waals surface area contributed by atoms with Crippen LogP contribution in [0.4, 0.5) is 0 Å². The lowest BCUT2D eigenvalue weighted by Crippen LogP contribution is -2.30. The van der Waals surface area contributed by atoms with Crippen LogP contribution in [-0.4, -0.2) is 22.2 Å². The molecule has 1 atom stereocenters. The minimum Gasteiger partial charge on any atom is -0.493 e. The van der Waals surface area contributed by atoms with E-state index >= 15 is 0 Å². The summed E-state index contributed by atoms with van der Waals surface area (Å²) in [5.41, 5.74) is 4.20. The molecule has 1 amide bonds. The molecule has 0 radical (unpaired) electrons. The molecule has 4 nitrogen and oxygen atoms in total. The fourth-order valence-corrected chi connectivity index (χ4v) is 5.00. The van der Waals surface area contributed by atoms with Crippen molar-refractivity contribution < 1.29 is 14.3 Å². The number of nitrogens with zero attached hydrogens (tertiary/aromatic N) is 1. The molecule has 0 spiro atoms. The summed E-state index contributed by atoms with van der Waals surface area (Å²) in [6.07, 6.45) is 1.85. The Morgan fingerprint density at radius 3 is 2.45 bits per heavy atom. The van der Waals surface area contributed by atoms with Crippen LogP contribution in [0.15, 0.2) is 77.7 Å². The number of rotatable bonds is 7. The summed E-state index contributed by atoms with van der Waals surface area (Å²) >= 11 is 6.85. The van der Waals surface area contributed by atoms with Crippen LogP contribution in [0.3, 0.4) is 0 Å². The van der Waals surface area contributed by atoms with E-state index in [1.807, 2.05) is 61.5 Å². The maximum Gasteiger partial charge on any atom is 0.266 e. The Hall–Kier alpha value is -3.09. The average molecular weight is 476 g/mol. The zero-order valence-electron chi connectivity index (χ0n) is 18.8. The molecule has 33 heavy (non-hydrogen) atoms. The van der Waals surface area contributed by atoms with Crippen LogP contribution in [0.1, 0.15) is 35.2 Å². The van der Waals surface area contributed by atoms with Crippen LogP contribution in [0.5, 0.6) is 11.5 Å². The molecule has 0 aliphatic carbocycles. The van der Waals surface area contributed by atoms with E-state index in [4.69, 9.17) is 21.7 Å². The molecule has 0 saturated carbocycles. The van der Waals surface area contributed by atoms with Gasteiger partial charge in [0.25, 0.3) is 5.91 Å². The topological polar surface area (TPSA) is 38.8 Å². The molecule has 1 saturated heterocycles. The number of hydrogen-bond donors (Lipinski definition) is 0. The van der Waals surface area contributed by atoms with Crippen molar-refractivity contribution in [2.75, 3.05) is 7.11 Å². The first-order valence-electron chi connectivity index (χ1n) is 10.6. The van der Waals surface area contributed by atoms with Gasteiger partial charge in [0.2, 0.25) is 0 Å². The second-order valence-corrected chi connectivity index (χ2v) is 9.50. The van der Waals surface area contributed by atoms with Crippen molar-refractivity contribution in [2.24, 2.45) is 0 Å². The molecule has 4 rings (SSSR count). The SMILES string of the molecule is COc1cc(/C=C2\SC(=S)N(C(C)c3ccccc3)C2=O)ccc1OCc1ccc(C)cc1. The van der Waals surface area contributed by atoms with Gasteiger partial charge in [0.05, 0.1) is 18.1 Å². The molecular weight excluding hydrogens is 450 g/mol. The van der Waals surface area contributed by atoms with Crippen molar-refractivity contribution in [1.29, 1.82) is 0 Å².